The van der Waals surface area contributed by atoms with Crippen LogP contribution in [0.25, 0.3) is 0 Å². The number of carbonyl (C=O) groups is 1. The first-order valence-electron chi connectivity index (χ1n) is 6.65. The number of aromatic nitrogens is 5. The SMILES string of the molecule is Cn1ncc(I)c1C(=O)Nc1ncn(Cc2cccc(Cl)c2)n1. The molecule has 0 radical (unpaired) electrons. The number of hydrogen-bond donors (Lipinski definition) is 1. The summed E-state index contributed by atoms with van der Waals surface area (Å²) in [5.74, 6) is -0.0519. The Kier molecular flexibility index (Phi) is 4.62. The average Bonchev–Trinajstić information content (AvgIpc) is 3.06. The molecule has 2 heterocycles. The second-order valence-corrected chi connectivity index (χ2v) is 6.41. The zero-order chi connectivity index (χ0) is 16.4. The number of aryl methyl sites for hydroxylation is 1. The lowest BCUT2D eigenvalue weighted by Crippen LogP contribution is -2.18. The lowest BCUT2D eigenvalue weighted by Gasteiger charge is -2.03. The number of nitrogens with zero attached hydrogens (tertiary/aromatic N) is 5. The van der Waals surface area contributed by atoms with Crippen LogP contribution in [0.4, 0.5) is 5.95 Å². The first-order chi connectivity index (χ1) is 11.0. The smallest absolute Gasteiger partial charge is 0.277 e. The van der Waals surface area contributed by atoms with E-state index in [0.717, 1.165) is 9.13 Å². The van der Waals surface area contributed by atoms with Crippen LogP contribution in [-0.4, -0.2) is 30.5 Å². The fourth-order valence-electron chi connectivity index (χ4n) is 2.08. The summed E-state index contributed by atoms with van der Waals surface area (Å²) < 4.78 is 3.91. The van der Waals surface area contributed by atoms with Crippen LogP contribution >= 0.6 is 34.2 Å². The molecule has 3 aromatic rings. The Labute approximate surface area is 150 Å². The molecule has 1 aromatic carbocycles. The van der Waals surface area contributed by atoms with Crippen molar-refractivity contribution in [3.05, 3.63) is 56.6 Å². The van der Waals surface area contributed by atoms with E-state index < -0.39 is 0 Å². The van der Waals surface area contributed by atoms with Gasteiger partial charge in [0.25, 0.3) is 5.91 Å². The van der Waals surface area contributed by atoms with Crippen molar-refractivity contribution in [1.82, 2.24) is 24.5 Å². The van der Waals surface area contributed by atoms with Crippen LogP contribution in [0.2, 0.25) is 5.02 Å². The van der Waals surface area contributed by atoms with Crippen molar-refractivity contribution in [3.8, 4) is 0 Å². The number of rotatable bonds is 4. The predicted molar refractivity (Wildman–Crippen MR) is 94.5 cm³/mol. The zero-order valence-corrected chi connectivity index (χ0v) is 15.0. The fraction of sp³-hybridized carbons (Fsp3) is 0.143. The van der Waals surface area contributed by atoms with Crippen LogP contribution in [0, 0.1) is 3.57 Å². The van der Waals surface area contributed by atoms with Crippen LogP contribution in [0.5, 0.6) is 0 Å². The molecule has 1 N–H and O–H groups in total. The van der Waals surface area contributed by atoms with Crippen molar-refractivity contribution in [2.24, 2.45) is 7.05 Å². The standard InChI is InChI=1S/C14H12ClIN6O/c1-21-12(11(16)6-18-21)13(23)19-14-17-8-22(20-14)7-9-3-2-4-10(15)5-9/h2-6,8H,7H2,1H3,(H,19,20,23). The Morgan fingerprint density at radius 2 is 2.26 bits per heavy atom. The van der Waals surface area contributed by atoms with Crippen LogP contribution in [-0.2, 0) is 13.6 Å². The third kappa shape index (κ3) is 3.70. The summed E-state index contributed by atoms with van der Waals surface area (Å²) in [4.78, 5) is 16.3. The van der Waals surface area contributed by atoms with E-state index in [1.807, 2.05) is 24.3 Å². The van der Waals surface area contributed by atoms with E-state index in [9.17, 15) is 4.79 Å². The molecule has 0 bridgehead atoms. The molecule has 0 aliphatic heterocycles. The van der Waals surface area contributed by atoms with Gasteiger partial charge in [0.2, 0.25) is 5.95 Å². The largest absolute Gasteiger partial charge is 0.288 e. The van der Waals surface area contributed by atoms with Gasteiger partial charge in [-0.3, -0.25) is 14.8 Å². The van der Waals surface area contributed by atoms with Gasteiger partial charge in [-0.2, -0.15) is 5.10 Å². The van der Waals surface area contributed by atoms with Crippen molar-refractivity contribution in [2.45, 2.75) is 6.54 Å². The number of amides is 1. The summed E-state index contributed by atoms with van der Waals surface area (Å²) in [6, 6.07) is 7.50. The Morgan fingerprint density at radius 3 is 2.96 bits per heavy atom. The van der Waals surface area contributed by atoms with E-state index in [2.05, 4.69) is 43.1 Å². The van der Waals surface area contributed by atoms with Crippen molar-refractivity contribution >= 4 is 46.0 Å². The third-order valence-corrected chi connectivity index (χ3v) is 4.13. The molecule has 0 spiro atoms. The van der Waals surface area contributed by atoms with E-state index in [-0.39, 0.29) is 11.9 Å². The minimum Gasteiger partial charge on any atom is -0.288 e. The highest BCUT2D eigenvalue weighted by atomic mass is 127. The van der Waals surface area contributed by atoms with Crippen LogP contribution in [0.15, 0.2) is 36.8 Å². The quantitative estimate of drug-likeness (QED) is 0.630. The molecule has 118 valence electrons. The Balaban J connectivity index is 1.71. The molecule has 0 saturated carbocycles. The van der Waals surface area contributed by atoms with E-state index in [0.29, 0.717) is 17.3 Å². The number of anilines is 1. The number of nitrogens with one attached hydrogen (secondary N) is 1. The maximum absolute atomic E-state index is 12.2. The molecule has 0 saturated heterocycles. The van der Waals surface area contributed by atoms with Crippen molar-refractivity contribution in [2.75, 3.05) is 5.32 Å². The van der Waals surface area contributed by atoms with Gasteiger partial charge in [-0.05, 0) is 40.3 Å². The highest BCUT2D eigenvalue weighted by Gasteiger charge is 2.16. The average molecular weight is 443 g/mol. The summed E-state index contributed by atoms with van der Waals surface area (Å²) in [5, 5.41) is 11.6. The van der Waals surface area contributed by atoms with Crippen LogP contribution < -0.4 is 5.32 Å². The summed E-state index contributed by atoms with van der Waals surface area (Å²) in [5.41, 5.74) is 1.47. The van der Waals surface area contributed by atoms with Crippen molar-refractivity contribution < 1.29 is 4.79 Å². The molecular weight excluding hydrogens is 431 g/mol. The molecule has 9 heteroatoms. The zero-order valence-electron chi connectivity index (χ0n) is 12.1. The fourth-order valence-corrected chi connectivity index (χ4v) is 3.01. The molecule has 1 amide bonds. The molecule has 23 heavy (non-hydrogen) atoms. The Bertz CT molecular complexity index is 839. The van der Waals surface area contributed by atoms with Gasteiger partial charge in [0.1, 0.15) is 12.0 Å². The van der Waals surface area contributed by atoms with Gasteiger partial charge in [0, 0.05) is 12.1 Å². The van der Waals surface area contributed by atoms with E-state index in [1.54, 1.807) is 24.3 Å². The summed E-state index contributed by atoms with van der Waals surface area (Å²) in [6.07, 6.45) is 3.19. The van der Waals surface area contributed by atoms with Gasteiger partial charge in [-0.25, -0.2) is 9.67 Å². The van der Waals surface area contributed by atoms with Gasteiger partial charge in [-0.15, -0.1) is 5.10 Å². The lowest BCUT2D eigenvalue weighted by molar-refractivity contribution is 0.101. The van der Waals surface area contributed by atoms with E-state index >= 15 is 0 Å². The molecule has 0 aliphatic carbocycles. The summed E-state index contributed by atoms with van der Waals surface area (Å²) >= 11 is 8.02. The number of benzene rings is 1. The summed E-state index contributed by atoms with van der Waals surface area (Å²) in [6.45, 7) is 0.521. The molecule has 7 nitrogen and oxygen atoms in total. The second kappa shape index (κ2) is 6.67. The minimum absolute atomic E-state index is 0.244. The monoisotopic (exact) mass is 442 g/mol. The summed E-state index contributed by atoms with van der Waals surface area (Å²) in [7, 11) is 1.71. The van der Waals surface area contributed by atoms with Gasteiger partial charge < -0.3 is 0 Å². The maximum atomic E-state index is 12.2. The molecular formula is C14H12ClIN6O. The number of hydrogen-bond acceptors (Lipinski definition) is 4. The Hall–Kier alpha value is -1.94. The van der Waals surface area contributed by atoms with Crippen LogP contribution in [0.1, 0.15) is 16.1 Å². The first kappa shape index (κ1) is 15.9. The lowest BCUT2D eigenvalue weighted by atomic mass is 10.2. The third-order valence-electron chi connectivity index (χ3n) is 3.10. The van der Waals surface area contributed by atoms with Gasteiger partial charge in [0.05, 0.1) is 16.3 Å². The second-order valence-electron chi connectivity index (χ2n) is 4.81. The van der Waals surface area contributed by atoms with Crippen molar-refractivity contribution in [1.29, 1.82) is 0 Å². The van der Waals surface area contributed by atoms with E-state index in [4.69, 9.17) is 11.6 Å². The molecule has 0 atom stereocenters. The predicted octanol–water partition coefficient (Wildman–Crippen LogP) is 2.57. The first-order valence-corrected chi connectivity index (χ1v) is 8.11. The molecule has 3 rings (SSSR count). The van der Waals surface area contributed by atoms with Crippen molar-refractivity contribution in [3.63, 3.8) is 0 Å². The Morgan fingerprint density at radius 1 is 1.43 bits per heavy atom. The highest BCUT2D eigenvalue weighted by Crippen LogP contribution is 2.13. The number of halogens is 2. The van der Waals surface area contributed by atoms with E-state index in [1.165, 1.54) is 4.68 Å². The number of carbonyl (C=O) groups excluding carboxylic acids is 1. The maximum Gasteiger partial charge on any atom is 0.277 e. The van der Waals surface area contributed by atoms with Crippen LogP contribution in [0.3, 0.4) is 0 Å². The van der Waals surface area contributed by atoms with Gasteiger partial charge in [-0.1, -0.05) is 23.7 Å². The molecule has 0 aliphatic rings. The molecule has 0 unspecified atom stereocenters. The highest BCUT2D eigenvalue weighted by molar-refractivity contribution is 14.1. The normalized spacial score (nSPS) is 10.7. The topological polar surface area (TPSA) is 77.6 Å². The molecule has 0 fully saturated rings. The minimum atomic E-state index is -0.296. The van der Waals surface area contributed by atoms with Gasteiger partial charge in [0.15, 0.2) is 0 Å². The molecule has 2 aromatic heterocycles. The van der Waals surface area contributed by atoms with Gasteiger partial charge >= 0.3 is 0 Å².